The van der Waals surface area contributed by atoms with Gasteiger partial charge in [-0.3, -0.25) is 23.9 Å². The van der Waals surface area contributed by atoms with Crippen LogP contribution in [0.15, 0.2) is 47.4 Å². The maximum absolute atomic E-state index is 14.6. The Morgan fingerprint density at radius 1 is 1.19 bits per heavy atom. The van der Waals surface area contributed by atoms with Crippen molar-refractivity contribution in [3.8, 4) is 5.69 Å². The van der Waals surface area contributed by atoms with Gasteiger partial charge in [-0.05, 0) is 31.0 Å². The summed E-state index contributed by atoms with van der Waals surface area (Å²) in [7, 11) is 0. The molecule has 2 aromatic rings. The second-order valence-corrected chi connectivity index (χ2v) is 7.49. The fourth-order valence-electron chi connectivity index (χ4n) is 3.81. The third-order valence-electron chi connectivity index (χ3n) is 5.30. The maximum Gasteiger partial charge on any atom is 0.255 e. The Kier molecular flexibility index (Phi) is 7.65. The molecule has 1 aromatic carbocycles. The summed E-state index contributed by atoms with van der Waals surface area (Å²) in [5, 5.41) is 5.06. The molecule has 1 aliphatic heterocycles. The molecule has 2 heterocycles. The van der Waals surface area contributed by atoms with Crippen LogP contribution in [0.2, 0.25) is 0 Å². The van der Waals surface area contributed by atoms with Gasteiger partial charge in [-0.2, -0.15) is 0 Å². The Bertz CT molecular complexity index is 1030. The highest BCUT2D eigenvalue weighted by Gasteiger charge is 2.37. The average Bonchev–Trinajstić information content (AvgIpc) is 3.12. The Hall–Kier alpha value is -3.18. The highest BCUT2D eigenvalue weighted by Crippen LogP contribution is 2.24. The SMILES string of the molecule is NC(=O)C1CC[C@@H](CNCC(F)F)N1CC(=O)Nc1ccc(-n2ccccc2=O)cc1F. The van der Waals surface area contributed by atoms with Crippen LogP contribution in [0.4, 0.5) is 18.9 Å². The van der Waals surface area contributed by atoms with E-state index in [1.807, 2.05) is 0 Å². The summed E-state index contributed by atoms with van der Waals surface area (Å²) >= 11 is 0. The van der Waals surface area contributed by atoms with E-state index in [0.717, 1.165) is 6.07 Å². The third-order valence-corrected chi connectivity index (χ3v) is 5.30. The molecule has 3 rings (SSSR count). The first-order chi connectivity index (χ1) is 15.3. The number of primary amides is 1. The van der Waals surface area contributed by atoms with E-state index < -0.39 is 36.6 Å². The number of hydrogen-bond donors (Lipinski definition) is 3. The molecule has 1 fully saturated rings. The number of rotatable bonds is 9. The number of carbonyl (C=O) groups excluding carboxylic acids is 2. The van der Waals surface area contributed by atoms with E-state index >= 15 is 0 Å². The van der Waals surface area contributed by atoms with Crippen molar-refractivity contribution in [2.45, 2.75) is 31.4 Å². The lowest BCUT2D eigenvalue weighted by molar-refractivity contribution is -0.124. The monoisotopic (exact) mass is 451 g/mol. The van der Waals surface area contributed by atoms with Crippen LogP contribution >= 0.6 is 0 Å². The van der Waals surface area contributed by atoms with E-state index in [9.17, 15) is 27.6 Å². The van der Waals surface area contributed by atoms with Gasteiger partial charge in [0, 0.05) is 30.9 Å². The van der Waals surface area contributed by atoms with Crippen LogP contribution in [0.3, 0.4) is 0 Å². The van der Waals surface area contributed by atoms with Crippen LogP contribution in [0, 0.1) is 5.82 Å². The zero-order valence-electron chi connectivity index (χ0n) is 17.1. The Morgan fingerprint density at radius 2 is 1.97 bits per heavy atom. The highest BCUT2D eigenvalue weighted by molar-refractivity contribution is 5.93. The Labute approximate surface area is 182 Å². The summed E-state index contributed by atoms with van der Waals surface area (Å²) in [6.45, 7) is -0.593. The first-order valence-electron chi connectivity index (χ1n) is 10.1. The fourth-order valence-corrected chi connectivity index (χ4v) is 3.81. The minimum atomic E-state index is -2.52. The molecular formula is C21H24F3N5O3. The van der Waals surface area contributed by atoms with E-state index in [-0.39, 0.29) is 30.4 Å². The first-order valence-corrected chi connectivity index (χ1v) is 10.1. The molecule has 1 unspecified atom stereocenters. The number of anilines is 1. The van der Waals surface area contributed by atoms with Crippen molar-refractivity contribution in [3.05, 3.63) is 58.8 Å². The molecule has 0 saturated carbocycles. The predicted molar refractivity (Wildman–Crippen MR) is 112 cm³/mol. The molecule has 11 heteroatoms. The lowest BCUT2D eigenvalue weighted by Crippen LogP contribution is -2.50. The second kappa shape index (κ2) is 10.4. The van der Waals surface area contributed by atoms with Gasteiger partial charge < -0.3 is 16.4 Å². The largest absolute Gasteiger partial charge is 0.368 e. The molecule has 172 valence electrons. The first kappa shape index (κ1) is 23.5. The summed E-state index contributed by atoms with van der Waals surface area (Å²) in [6, 6.07) is 7.43. The number of halogens is 3. The number of benzene rings is 1. The van der Waals surface area contributed by atoms with Gasteiger partial charge in [0.15, 0.2) is 0 Å². The molecule has 0 bridgehead atoms. The number of nitrogens with zero attached hydrogens (tertiary/aromatic N) is 2. The van der Waals surface area contributed by atoms with Crippen LogP contribution < -0.4 is 21.9 Å². The molecule has 1 aliphatic rings. The number of carbonyl (C=O) groups is 2. The van der Waals surface area contributed by atoms with E-state index in [1.165, 1.54) is 29.0 Å². The van der Waals surface area contributed by atoms with Crippen LogP contribution in [0.25, 0.3) is 5.69 Å². The van der Waals surface area contributed by atoms with Crippen molar-refractivity contribution in [1.29, 1.82) is 0 Å². The number of nitrogens with one attached hydrogen (secondary N) is 2. The molecule has 0 aliphatic carbocycles. The van der Waals surface area contributed by atoms with Crippen molar-refractivity contribution in [3.63, 3.8) is 0 Å². The van der Waals surface area contributed by atoms with E-state index in [4.69, 9.17) is 5.73 Å². The molecule has 1 saturated heterocycles. The molecule has 32 heavy (non-hydrogen) atoms. The average molecular weight is 451 g/mol. The number of hydrogen-bond acceptors (Lipinski definition) is 5. The highest BCUT2D eigenvalue weighted by atomic mass is 19.3. The van der Waals surface area contributed by atoms with Gasteiger partial charge >= 0.3 is 0 Å². The molecule has 2 atom stereocenters. The van der Waals surface area contributed by atoms with Gasteiger partial charge in [-0.25, -0.2) is 13.2 Å². The van der Waals surface area contributed by atoms with Crippen molar-refractivity contribution < 1.29 is 22.8 Å². The molecule has 0 radical (unpaired) electrons. The van der Waals surface area contributed by atoms with E-state index in [1.54, 1.807) is 17.0 Å². The van der Waals surface area contributed by atoms with Gasteiger partial charge in [-0.1, -0.05) is 6.07 Å². The topological polar surface area (TPSA) is 109 Å². The molecule has 1 aromatic heterocycles. The summed E-state index contributed by atoms with van der Waals surface area (Å²) in [5.74, 6) is -1.94. The van der Waals surface area contributed by atoms with Gasteiger partial charge in [0.05, 0.1) is 30.5 Å². The van der Waals surface area contributed by atoms with Crippen molar-refractivity contribution in [1.82, 2.24) is 14.8 Å². The summed E-state index contributed by atoms with van der Waals surface area (Å²) < 4.78 is 40.6. The van der Waals surface area contributed by atoms with Gasteiger partial charge in [-0.15, -0.1) is 0 Å². The lowest BCUT2D eigenvalue weighted by atomic mass is 10.2. The van der Waals surface area contributed by atoms with Gasteiger partial charge in [0.1, 0.15) is 5.82 Å². The van der Waals surface area contributed by atoms with Crippen molar-refractivity contribution in [2.75, 3.05) is 25.0 Å². The Morgan fingerprint density at radius 3 is 2.62 bits per heavy atom. The third kappa shape index (κ3) is 5.74. The number of nitrogens with two attached hydrogens (primary N) is 1. The van der Waals surface area contributed by atoms with Crippen LogP contribution in [0.5, 0.6) is 0 Å². The molecule has 2 amide bonds. The minimum absolute atomic E-state index is 0.0927. The van der Waals surface area contributed by atoms with Crippen LogP contribution in [-0.4, -0.2) is 59.4 Å². The summed E-state index contributed by atoms with van der Waals surface area (Å²) in [6.07, 6.45) is -0.114. The van der Waals surface area contributed by atoms with Crippen molar-refractivity contribution in [2.24, 2.45) is 5.73 Å². The van der Waals surface area contributed by atoms with Gasteiger partial charge in [0.2, 0.25) is 11.8 Å². The second-order valence-electron chi connectivity index (χ2n) is 7.49. The summed E-state index contributed by atoms with van der Waals surface area (Å²) in [4.78, 5) is 37.8. The fraction of sp³-hybridized carbons (Fsp3) is 0.381. The van der Waals surface area contributed by atoms with E-state index in [0.29, 0.717) is 18.5 Å². The number of alkyl halides is 2. The molecule has 4 N–H and O–H groups in total. The molecule has 8 nitrogen and oxygen atoms in total. The van der Waals surface area contributed by atoms with Crippen LogP contribution in [-0.2, 0) is 9.59 Å². The number of aromatic nitrogens is 1. The number of pyridine rings is 1. The Balaban J connectivity index is 1.68. The smallest absolute Gasteiger partial charge is 0.255 e. The minimum Gasteiger partial charge on any atom is -0.368 e. The standard InChI is InChI=1S/C21H24F3N5O3/c22-15-9-13(28-8-2-1-3-20(28)31)4-6-16(15)27-19(30)12-29-14(10-26-11-18(23)24)5-7-17(29)21(25)32/h1-4,6,8-9,14,17-18,26H,5,7,10-12H2,(H2,25,32)(H,27,30)/t14-,17?/m0/s1. The molecule has 0 spiro atoms. The van der Waals surface area contributed by atoms with Gasteiger partial charge in [0.25, 0.3) is 12.0 Å². The maximum atomic E-state index is 14.6. The zero-order chi connectivity index (χ0) is 23.3. The predicted octanol–water partition coefficient (Wildman–Crippen LogP) is 1.09. The quantitative estimate of drug-likeness (QED) is 0.529. The number of likely N-dealkylation sites (tertiary alicyclic amines) is 1. The number of amides is 2. The normalized spacial score (nSPS) is 18.8. The summed E-state index contributed by atoms with van der Waals surface area (Å²) in [5.41, 5.74) is 5.29. The van der Waals surface area contributed by atoms with Crippen LogP contribution in [0.1, 0.15) is 12.8 Å². The zero-order valence-corrected chi connectivity index (χ0v) is 17.1. The van der Waals surface area contributed by atoms with Crippen molar-refractivity contribution >= 4 is 17.5 Å². The lowest BCUT2D eigenvalue weighted by Gasteiger charge is -2.28. The van der Waals surface area contributed by atoms with E-state index in [2.05, 4.69) is 10.6 Å². The molecular weight excluding hydrogens is 427 g/mol.